The first-order valence-corrected chi connectivity index (χ1v) is 9.38. The fourth-order valence-electron chi connectivity index (χ4n) is 3.64. The van der Waals surface area contributed by atoms with Crippen LogP contribution in [0.3, 0.4) is 0 Å². The Morgan fingerprint density at radius 3 is 2.60 bits per heavy atom. The van der Waals surface area contributed by atoms with Crippen molar-refractivity contribution in [1.82, 2.24) is 19.9 Å². The Bertz CT molecular complexity index is 1150. The number of hydrogen-bond acceptors (Lipinski definition) is 4. The van der Waals surface area contributed by atoms with Gasteiger partial charge in [-0.05, 0) is 36.5 Å². The number of benzene rings is 1. The van der Waals surface area contributed by atoms with Crippen LogP contribution in [0.4, 0.5) is 17.6 Å². The highest BCUT2D eigenvalue weighted by Crippen LogP contribution is 2.40. The smallest absolute Gasteiger partial charge is 0.376 e. The van der Waals surface area contributed by atoms with Gasteiger partial charge in [0.05, 0.1) is 25.0 Å². The van der Waals surface area contributed by atoms with Gasteiger partial charge >= 0.3 is 6.18 Å². The molecule has 3 heterocycles. The van der Waals surface area contributed by atoms with Crippen LogP contribution < -0.4 is 5.32 Å². The summed E-state index contributed by atoms with van der Waals surface area (Å²) < 4.78 is 59.7. The first-order chi connectivity index (χ1) is 14.3. The molecule has 6 nitrogen and oxygen atoms in total. The number of nitrogens with zero attached hydrogens (tertiary/aromatic N) is 3. The number of halogens is 4. The minimum Gasteiger partial charge on any atom is -0.376 e. The third kappa shape index (κ3) is 3.11. The van der Waals surface area contributed by atoms with Gasteiger partial charge in [0.2, 0.25) is 0 Å². The molecular weight excluding hydrogens is 404 g/mol. The molecule has 2 fully saturated rings. The van der Waals surface area contributed by atoms with Gasteiger partial charge in [0, 0.05) is 18.0 Å². The molecule has 1 aliphatic carbocycles. The van der Waals surface area contributed by atoms with Crippen molar-refractivity contribution in [3.8, 4) is 0 Å². The van der Waals surface area contributed by atoms with Crippen molar-refractivity contribution in [2.45, 2.75) is 30.5 Å². The topological polar surface area (TPSA) is 68.5 Å². The summed E-state index contributed by atoms with van der Waals surface area (Å²) in [6, 6.07) is 2.26. The number of carbonyl (C=O) groups excluding carboxylic acids is 1. The summed E-state index contributed by atoms with van der Waals surface area (Å²) in [6.45, 7) is -0.112. The Morgan fingerprint density at radius 2 is 2.00 bits per heavy atom. The molecule has 2 aromatic heterocycles. The molecule has 0 bridgehead atoms. The number of rotatable bonds is 4. The average molecular weight is 420 g/mol. The highest BCUT2D eigenvalue weighted by atomic mass is 19.4. The first kappa shape index (κ1) is 19.0. The molecule has 3 aromatic rings. The van der Waals surface area contributed by atoms with Crippen LogP contribution in [0, 0.1) is 5.82 Å². The standard InChI is InChI=1S/C20H16F4N4O2/c21-16-5-13(20(22,23)24)3-4-15(16)19(9-30-10-19)27-18(29)14-7-26-28-8-12(11-1-2-11)6-25-17(14)28/h3-8,11H,1-2,9-10H2,(H,27,29). The maximum atomic E-state index is 14.5. The van der Waals surface area contributed by atoms with Crippen LogP contribution in [-0.4, -0.2) is 33.7 Å². The maximum Gasteiger partial charge on any atom is 0.416 e. The van der Waals surface area contributed by atoms with Crippen LogP contribution in [0.15, 0.2) is 36.8 Å². The fraction of sp³-hybridized carbons (Fsp3) is 0.350. The van der Waals surface area contributed by atoms with E-state index in [1.165, 1.54) is 10.7 Å². The zero-order valence-corrected chi connectivity index (χ0v) is 15.5. The average Bonchev–Trinajstić information content (AvgIpc) is 3.43. The van der Waals surface area contributed by atoms with Crippen LogP contribution in [0.5, 0.6) is 0 Å². The van der Waals surface area contributed by atoms with E-state index in [4.69, 9.17) is 4.74 Å². The minimum absolute atomic E-state index is 0.0561. The van der Waals surface area contributed by atoms with Crippen molar-refractivity contribution >= 4 is 11.6 Å². The predicted molar refractivity (Wildman–Crippen MR) is 96.3 cm³/mol. The summed E-state index contributed by atoms with van der Waals surface area (Å²) >= 11 is 0. The zero-order chi connectivity index (χ0) is 21.1. The summed E-state index contributed by atoms with van der Waals surface area (Å²) in [7, 11) is 0. The molecule has 10 heteroatoms. The largest absolute Gasteiger partial charge is 0.416 e. The van der Waals surface area contributed by atoms with E-state index in [2.05, 4.69) is 15.4 Å². The normalized spacial score (nSPS) is 18.3. The van der Waals surface area contributed by atoms with Crippen molar-refractivity contribution in [2.75, 3.05) is 13.2 Å². The van der Waals surface area contributed by atoms with Crippen molar-refractivity contribution in [2.24, 2.45) is 0 Å². The Balaban J connectivity index is 1.44. The van der Waals surface area contributed by atoms with Crippen LogP contribution in [0.2, 0.25) is 0 Å². The highest BCUT2D eigenvalue weighted by Gasteiger charge is 2.45. The number of amides is 1. The summed E-state index contributed by atoms with van der Waals surface area (Å²) in [5, 5.41) is 6.89. The number of alkyl halides is 3. The van der Waals surface area contributed by atoms with Gasteiger partial charge in [0.25, 0.3) is 5.91 Å². The van der Waals surface area contributed by atoms with Gasteiger partial charge in [-0.3, -0.25) is 4.79 Å². The van der Waals surface area contributed by atoms with Gasteiger partial charge in [-0.1, -0.05) is 6.07 Å². The van der Waals surface area contributed by atoms with Crippen LogP contribution in [-0.2, 0) is 16.5 Å². The number of hydrogen-bond donors (Lipinski definition) is 1. The van der Waals surface area contributed by atoms with Gasteiger partial charge in [-0.25, -0.2) is 13.9 Å². The second kappa shape index (κ2) is 6.49. The molecule has 1 aliphatic heterocycles. The molecule has 5 rings (SSSR count). The second-order valence-corrected chi connectivity index (χ2v) is 7.71. The molecular formula is C20H16F4N4O2. The molecule has 30 heavy (non-hydrogen) atoms. The minimum atomic E-state index is -4.66. The molecule has 2 aliphatic rings. The summed E-state index contributed by atoms with van der Waals surface area (Å²) in [5.74, 6) is -1.14. The third-order valence-corrected chi connectivity index (χ3v) is 5.53. The SMILES string of the molecule is O=C(NC1(c2ccc(C(F)(F)F)cc2F)COC1)c1cnn2cc(C3CC3)cnc12. The third-order valence-electron chi connectivity index (χ3n) is 5.53. The van der Waals surface area contributed by atoms with Crippen LogP contribution in [0.1, 0.15) is 45.8 Å². The lowest BCUT2D eigenvalue weighted by Gasteiger charge is -2.42. The Morgan fingerprint density at radius 1 is 1.23 bits per heavy atom. The lowest BCUT2D eigenvalue weighted by molar-refractivity contribution is -0.137. The van der Waals surface area contributed by atoms with Crippen LogP contribution in [0.25, 0.3) is 5.65 Å². The number of nitrogens with one attached hydrogen (secondary N) is 1. The number of carbonyl (C=O) groups is 1. The second-order valence-electron chi connectivity index (χ2n) is 7.71. The Kier molecular flexibility index (Phi) is 4.11. The quantitative estimate of drug-likeness (QED) is 0.657. The number of aromatic nitrogens is 3. The van der Waals surface area contributed by atoms with Gasteiger partial charge in [0.15, 0.2) is 5.65 Å². The van der Waals surface area contributed by atoms with E-state index in [0.717, 1.165) is 30.5 Å². The van der Waals surface area contributed by atoms with E-state index in [1.54, 1.807) is 6.20 Å². The maximum absolute atomic E-state index is 14.5. The van der Waals surface area contributed by atoms with E-state index >= 15 is 0 Å². The highest BCUT2D eigenvalue weighted by molar-refractivity contribution is 6.00. The molecule has 0 atom stereocenters. The summed E-state index contributed by atoms with van der Waals surface area (Å²) in [4.78, 5) is 17.2. The molecule has 1 saturated heterocycles. The van der Waals surface area contributed by atoms with E-state index in [9.17, 15) is 22.4 Å². The fourth-order valence-corrected chi connectivity index (χ4v) is 3.64. The first-order valence-electron chi connectivity index (χ1n) is 9.38. The lowest BCUT2D eigenvalue weighted by atomic mass is 9.86. The van der Waals surface area contributed by atoms with Crippen molar-refractivity contribution in [3.05, 3.63) is 64.9 Å². The molecule has 1 N–H and O–H groups in total. The van der Waals surface area contributed by atoms with E-state index < -0.39 is 29.0 Å². The molecule has 1 aromatic carbocycles. The number of ether oxygens (including phenoxy) is 1. The number of fused-ring (bicyclic) bond motifs is 1. The van der Waals surface area contributed by atoms with E-state index in [-0.39, 0.29) is 24.3 Å². The van der Waals surface area contributed by atoms with Gasteiger partial charge in [-0.2, -0.15) is 18.3 Å². The van der Waals surface area contributed by atoms with Crippen molar-refractivity contribution in [3.63, 3.8) is 0 Å². The molecule has 1 saturated carbocycles. The van der Waals surface area contributed by atoms with E-state index in [1.807, 2.05) is 6.20 Å². The lowest BCUT2D eigenvalue weighted by Crippen LogP contribution is -2.59. The summed E-state index contributed by atoms with van der Waals surface area (Å²) in [6.07, 6.45) is 2.45. The van der Waals surface area contributed by atoms with E-state index in [0.29, 0.717) is 17.6 Å². The predicted octanol–water partition coefficient (Wildman–Crippen LogP) is 3.42. The van der Waals surface area contributed by atoms with Crippen LogP contribution >= 0.6 is 0 Å². The Hall–Kier alpha value is -3.01. The molecule has 0 spiro atoms. The molecule has 0 unspecified atom stereocenters. The monoisotopic (exact) mass is 420 g/mol. The van der Waals surface area contributed by atoms with Crippen molar-refractivity contribution in [1.29, 1.82) is 0 Å². The van der Waals surface area contributed by atoms with Gasteiger partial charge in [-0.15, -0.1) is 0 Å². The Labute approximate surface area is 167 Å². The summed E-state index contributed by atoms with van der Waals surface area (Å²) in [5.41, 5.74) is -0.822. The van der Waals surface area contributed by atoms with Gasteiger partial charge in [0.1, 0.15) is 16.9 Å². The van der Waals surface area contributed by atoms with Crippen molar-refractivity contribution < 1.29 is 27.1 Å². The molecule has 0 radical (unpaired) electrons. The van der Waals surface area contributed by atoms with Gasteiger partial charge < -0.3 is 10.1 Å². The zero-order valence-electron chi connectivity index (χ0n) is 15.5. The molecule has 1 amide bonds. The molecule has 156 valence electrons.